The summed E-state index contributed by atoms with van der Waals surface area (Å²) in [7, 11) is -0.847. The standard InChI is InChI=1S/C66H82ClF2N9O8Si/c1-40(2)87(41(3)4,42(5)6)30-18-48-52(68)16-12-43-31-47(85-39-83-10)33-49(55(43)48)57-56(69)58-50(34-70-57)59(76-35-45-13-14-46(36-76)78(45)63(82)86-64(7,8)9)73-61(72-58)84-38-66(19-20-66)37-74-26-21-65(22-27-74)23-28-75(29-24-65)60(80)44-11-15-51(67)53(32-44)77-25-17-54(79)71-62(77)81/h11-12,15-16,31-34,40-42,45-46H,13-14,17,19-29,35-39H2,1-10H3,(H,71,79,81). The number of hydrogen-bond acceptors (Lipinski definition) is 13. The van der Waals surface area contributed by atoms with Crippen molar-refractivity contribution in [2.24, 2.45) is 10.8 Å². The molecule has 6 fully saturated rings. The molecule has 5 aliphatic heterocycles. The van der Waals surface area contributed by atoms with Crippen molar-refractivity contribution in [2.45, 2.75) is 154 Å². The minimum Gasteiger partial charge on any atom is -0.468 e. The highest BCUT2D eigenvalue weighted by molar-refractivity contribution is 6.90. The Morgan fingerprint density at radius 3 is 2.17 bits per heavy atom. The number of pyridine rings is 1. The number of carbonyl (C=O) groups excluding carboxylic acids is 4. The molecule has 3 aromatic carbocycles. The van der Waals surface area contributed by atoms with Gasteiger partial charge >= 0.3 is 18.1 Å². The number of nitrogens with zero attached hydrogens (tertiary/aromatic N) is 8. The van der Waals surface area contributed by atoms with Crippen LogP contribution in [-0.4, -0.2) is 152 Å². The van der Waals surface area contributed by atoms with Crippen LogP contribution in [0.1, 0.15) is 136 Å². The Morgan fingerprint density at radius 2 is 1.54 bits per heavy atom. The molecule has 1 aliphatic carbocycles. The van der Waals surface area contributed by atoms with Crippen molar-refractivity contribution in [3.63, 3.8) is 0 Å². The third-order valence-electron chi connectivity index (χ3n) is 19.5. The van der Waals surface area contributed by atoms with E-state index in [2.05, 4.69) is 68.1 Å². The number of rotatable bonds is 15. The van der Waals surface area contributed by atoms with Crippen molar-refractivity contribution in [3.05, 3.63) is 76.4 Å². The van der Waals surface area contributed by atoms with Crippen LogP contribution < -0.4 is 24.6 Å². The summed E-state index contributed by atoms with van der Waals surface area (Å²) in [6.45, 7) is 24.0. The fourth-order valence-electron chi connectivity index (χ4n) is 14.7. The van der Waals surface area contributed by atoms with E-state index in [0.29, 0.717) is 76.8 Å². The van der Waals surface area contributed by atoms with Gasteiger partial charge in [-0.3, -0.25) is 29.7 Å². The monoisotopic (exact) mass is 1230 g/mol. The van der Waals surface area contributed by atoms with Gasteiger partial charge in [-0.25, -0.2) is 18.4 Å². The average molecular weight is 1230 g/mol. The Bertz CT molecular complexity index is 3530. The molecule has 5 saturated heterocycles. The number of methoxy groups -OCH3 is 1. The Balaban J connectivity index is 0.860. The van der Waals surface area contributed by atoms with E-state index in [0.717, 1.165) is 71.0 Å². The molecule has 6 aliphatic rings. The first-order valence-electron chi connectivity index (χ1n) is 31.0. The van der Waals surface area contributed by atoms with Gasteiger partial charge in [-0.15, -0.1) is 5.54 Å². The molecule has 17 nitrogen and oxygen atoms in total. The molecule has 2 unspecified atom stereocenters. The van der Waals surface area contributed by atoms with Crippen LogP contribution >= 0.6 is 11.6 Å². The predicted molar refractivity (Wildman–Crippen MR) is 335 cm³/mol. The van der Waals surface area contributed by atoms with Crippen LogP contribution in [0.3, 0.4) is 0 Å². The fraction of sp³-hybridized carbons (Fsp3) is 0.561. The van der Waals surface area contributed by atoms with Crippen LogP contribution in [0.25, 0.3) is 32.9 Å². The lowest BCUT2D eigenvalue weighted by Gasteiger charge is -2.47. The second-order valence-corrected chi connectivity index (χ2v) is 33.1. The lowest BCUT2D eigenvalue weighted by atomic mass is 9.71. The van der Waals surface area contributed by atoms with E-state index in [4.69, 9.17) is 45.5 Å². The Labute approximate surface area is 515 Å². The highest BCUT2D eigenvalue weighted by Crippen LogP contribution is 2.50. The van der Waals surface area contributed by atoms with Crippen LogP contribution in [-0.2, 0) is 14.3 Å². The summed E-state index contributed by atoms with van der Waals surface area (Å²) in [4.78, 5) is 76.6. The molecule has 1 spiro atoms. The van der Waals surface area contributed by atoms with Crippen LogP contribution in [0.5, 0.6) is 11.8 Å². The van der Waals surface area contributed by atoms with E-state index in [-0.39, 0.29) is 106 Å². The van der Waals surface area contributed by atoms with E-state index >= 15 is 8.78 Å². The minimum absolute atomic E-state index is 0.00441. The third kappa shape index (κ3) is 12.4. The number of carbonyl (C=O) groups is 4. The number of nitrogens with one attached hydrogen (secondary N) is 1. The van der Waals surface area contributed by atoms with Gasteiger partial charge in [0, 0.05) is 80.9 Å². The number of anilines is 2. The molecule has 7 heterocycles. The molecule has 1 N–H and O–H groups in total. The molecule has 2 bridgehead atoms. The quantitative estimate of drug-likeness (QED) is 0.0597. The van der Waals surface area contributed by atoms with Crippen molar-refractivity contribution in [2.75, 3.05) is 82.7 Å². The molecule has 0 radical (unpaired) electrons. The maximum Gasteiger partial charge on any atom is 0.410 e. The largest absolute Gasteiger partial charge is 0.468 e. The van der Waals surface area contributed by atoms with Crippen LogP contribution in [0.2, 0.25) is 21.6 Å². The molecule has 21 heteroatoms. The lowest BCUT2D eigenvalue weighted by Crippen LogP contribution is -2.57. The second-order valence-electron chi connectivity index (χ2n) is 27.2. The Hall–Kier alpha value is -6.66. The van der Waals surface area contributed by atoms with Crippen LogP contribution in [0.4, 0.5) is 29.9 Å². The third-order valence-corrected chi connectivity index (χ3v) is 26.1. The highest BCUT2D eigenvalue weighted by atomic mass is 35.5. The number of halogens is 3. The number of imide groups is 1. The van der Waals surface area contributed by atoms with Crippen LogP contribution in [0.15, 0.2) is 48.7 Å². The predicted octanol–water partition coefficient (Wildman–Crippen LogP) is 12.5. The molecule has 5 amide bonds. The minimum atomic E-state index is -2.36. The van der Waals surface area contributed by atoms with E-state index in [1.54, 1.807) is 42.6 Å². The maximum atomic E-state index is 18.3. The van der Waals surface area contributed by atoms with Gasteiger partial charge in [0.25, 0.3) is 5.91 Å². The van der Waals surface area contributed by atoms with Gasteiger partial charge in [-0.2, -0.15) is 9.97 Å². The molecular formula is C66H82ClF2N9O8Si. The van der Waals surface area contributed by atoms with Crippen molar-refractivity contribution in [1.82, 2.24) is 35.0 Å². The van der Waals surface area contributed by atoms with Crippen molar-refractivity contribution in [1.29, 1.82) is 0 Å². The van der Waals surface area contributed by atoms with Gasteiger partial charge in [0.1, 0.15) is 42.3 Å². The van der Waals surface area contributed by atoms with Gasteiger partial charge < -0.3 is 33.6 Å². The number of amides is 5. The van der Waals surface area contributed by atoms with E-state index < -0.39 is 31.3 Å². The molecule has 1 saturated carbocycles. The van der Waals surface area contributed by atoms with Gasteiger partial charge in [-0.05, 0) is 149 Å². The number of ether oxygens (including phenoxy) is 4. The van der Waals surface area contributed by atoms with Crippen molar-refractivity contribution < 1.29 is 46.9 Å². The summed E-state index contributed by atoms with van der Waals surface area (Å²) in [6, 6.07) is 10.6. The normalized spacial score (nSPS) is 20.4. The topological polar surface area (TPSA) is 172 Å². The van der Waals surface area contributed by atoms with Crippen molar-refractivity contribution >= 4 is 76.8 Å². The summed E-state index contributed by atoms with van der Waals surface area (Å²) in [6.07, 6.45) is 8.60. The zero-order valence-electron chi connectivity index (χ0n) is 51.9. The number of benzene rings is 3. The smallest absolute Gasteiger partial charge is 0.410 e. The van der Waals surface area contributed by atoms with Gasteiger partial charge in [0.2, 0.25) is 5.91 Å². The number of likely N-dealkylation sites (tertiary alicyclic amines) is 2. The number of urea groups is 1. The van der Waals surface area contributed by atoms with Gasteiger partial charge in [-0.1, -0.05) is 65.1 Å². The Morgan fingerprint density at radius 1 is 0.862 bits per heavy atom. The summed E-state index contributed by atoms with van der Waals surface area (Å²) in [5.41, 5.74) is 5.09. The molecule has 87 heavy (non-hydrogen) atoms. The molecule has 11 rings (SSSR count). The number of piperidine rings is 2. The molecule has 5 aromatic rings. The zero-order chi connectivity index (χ0) is 61.9. The summed E-state index contributed by atoms with van der Waals surface area (Å²) in [5.74, 6) is 2.49. The number of piperazine rings is 1. The van der Waals surface area contributed by atoms with E-state index in [1.165, 1.54) is 18.1 Å². The van der Waals surface area contributed by atoms with Gasteiger partial charge in [0.15, 0.2) is 12.6 Å². The van der Waals surface area contributed by atoms with Crippen LogP contribution in [0, 0.1) is 33.9 Å². The Kier molecular flexibility index (Phi) is 17.4. The number of aromatic nitrogens is 3. The first-order chi connectivity index (χ1) is 41.4. The fourth-order valence-corrected chi connectivity index (χ4v) is 20.1. The lowest BCUT2D eigenvalue weighted by molar-refractivity contribution is -0.120. The summed E-state index contributed by atoms with van der Waals surface area (Å²) in [5, 5.41) is 4.03. The van der Waals surface area contributed by atoms with E-state index in [1.807, 2.05) is 30.6 Å². The number of hydrogen-bond donors (Lipinski definition) is 1. The second kappa shape index (κ2) is 24.4. The molecular weight excluding hydrogens is 1150 g/mol. The highest BCUT2D eigenvalue weighted by Gasteiger charge is 2.49. The van der Waals surface area contributed by atoms with Crippen molar-refractivity contribution in [3.8, 4) is 34.5 Å². The zero-order valence-corrected chi connectivity index (χ0v) is 53.7. The molecule has 2 atom stereocenters. The molecule has 2 aromatic heterocycles. The molecule has 464 valence electrons. The average Bonchev–Trinajstić information content (AvgIpc) is 1.75. The van der Waals surface area contributed by atoms with E-state index in [9.17, 15) is 19.2 Å². The first-order valence-corrected chi connectivity index (χ1v) is 33.6. The first kappa shape index (κ1) is 62.0. The summed E-state index contributed by atoms with van der Waals surface area (Å²) >= 11 is 6.51. The van der Waals surface area contributed by atoms with Gasteiger partial charge in [0.05, 0.1) is 40.4 Å². The SMILES string of the molecule is COCOc1cc(-c2ncc3c(N4CC5CCC(C4)N5C(=O)OC(C)(C)C)nc(OCC4(CN5CCC6(CC5)CCN(C(=O)c5ccc(Cl)c(N7CCC(=O)NC7=O)c5)CC6)CC4)nc3c2F)c2c(C#C[Si](C(C)C)(C(C)C)C(C)C)c(F)ccc2c1. The summed E-state index contributed by atoms with van der Waals surface area (Å²) < 4.78 is 58.8. The maximum absolute atomic E-state index is 18.3. The number of fused-ring (bicyclic) bond motifs is 4.